The van der Waals surface area contributed by atoms with Crippen LogP contribution in [-0.4, -0.2) is 11.9 Å². The molecule has 1 saturated carbocycles. The Kier molecular flexibility index (Phi) is 3.76. The van der Waals surface area contributed by atoms with Crippen LogP contribution >= 0.6 is 11.3 Å². The number of hydrogen-bond donors (Lipinski definition) is 2. The standard InChI is InChI=1S/C17H26N2OS/c1-4-17(2,3)10-5-8-12-13(9-10)21-15(18)14(12)16(20)19-11-6-7-11/h10-11H,4-9,18H2,1-3H3,(H,19,20)/t10-/m0/s1. The van der Waals surface area contributed by atoms with Gasteiger partial charge in [0.1, 0.15) is 0 Å². The number of anilines is 1. The zero-order valence-corrected chi connectivity index (χ0v) is 14.1. The Labute approximate surface area is 131 Å². The quantitative estimate of drug-likeness (QED) is 0.890. The van der Waals surface area contributed by atoms with Gasteiger partial charge in [0, 0.05) is 10.9 Å². The van der Waals surface area contributed by atoms with Gasteiger partial charge in [0.05, 0.1) is 10.6 Å². The molecule has 0 radical (unpaired) electrons. The number of nitrogen functional groups attached to an aromatic ring is 1. The molecule has 3 N–H and O–H groups in total. The van der Waals surface area contributed by atoms with Gasteiger partial charge in [-0.15, -0.1) is 11.3 Å². The van der Waals surface area contributed by atoms with Crippen LogP contribution < -0.4 is 11.1 Å². The number of fused-ring (bicyclic) bond motifs is 1. The Morgan fingerprint density at radius 3 is 2.71 bits per heavy atom. The molecule has 3 nitrogen and oxygen atoms in total. The van der Waals surface area contributed by atoms with E-state index in [9.17, 15) is 4.79 Å². The van der Waals surface area contributed by atoms with E-state index in [1.54, 1.807) is 11.3 Å². The average molecular weight is 306 g/mol. The van der Waals surface area contributed by atoms with Crippen LogP contribution in [0.3, 0.4) is 0 Å². The fourth-order valence-corrected chi connectivity index (χ4v) is 4.49. The Hall–Kier alpha value is -1.03. The summed E-state index contributed by atoms with van der Waals surface area (Å²) in [5.41, 5.74) is 8.55. The van der Waals surface area contributed by atoms with Crippen LogP contribution in [0.5, 0.6) is 0 Å². The normalized spacial score (nSPS) is 22.0. The maximum absolute atomic E-state index is 12.4. The summed E-state index contributed by atoms with van der Waals surface area (Å²) in [5.74, 6) is 0.757. The smallest absolute Gasteiger partial charge is 0.254 e. The van der Waals surface area contributed by atoms with Crippen molar-refractivity contribution in [3.63, 3.8) is 0 Å². The Bertz CT molecular complexity index is 557. The second-order valence-corrected chi connectivity index (χ2v) is 8.41. The fourth-order valence-electron chi connectivity index (χ4n) is 3.30. The lowest BCUT2D eigenvalue weighted by atomic mass is 9.69. The molecular weight excluding hydrogens is 280 g/mol. The van der Waals surface area contributed by atoms with E-state index in [1.165, 1.54) is 23.3 Å². The van der Waals surface area contributed by atoms with Crippen LogP contribution in [0.2, 0.25) is 0 Å². The summed E-state index contributed by atoms with van der Waals surface area (Å²) in [6.07, 6.45) is 6.69. The minimum atomic E-state index is 0.0562. The zero-order chi connectivity index (χ0) is 15.2. The van der Waals surface area contributed by atoms with Crippen molar-refractivity contribution in [2.75, 3.05) is 5.73 Å². The molecule has 4 heteroatoms. The lowest BCUT2D eigenvalue weighted by Crippen LogP contribution is -2.30. The second-order valence-electron chi connectivity index (χ2n) is 7.27. The summed E-state index contributed by atoms with van der Waals surface area (Å²) >= 11 is 1.64. The molecule has 1 aromatic heterocycles. The van der Waals surface area contributed by atoms with E-state index in [4.69, 9.17) is 5.73 Å². The Morgan fingerprint density at radius 2 is 2.10 bits per heavy atom. The molecular formula is C17H26N2OS. The summed E-state index contributed by atoms with van der Waals surface area (Å²) < 4.78 is 0. The maximum Gasteiger partial charge on any atom is 0.254 e. The second kappa shape index (κ2) is 5.31. The monoisotopic (exact) mass is 306 g/mol. The lowest BCUT2D eigenvalue weighted by Gasteiger charge is -2.36. The van der Waals surface area contributed by atoms with Crippen LogP contribution in [0.25, 0.3) is 0 Å². The van der Waals surface area contributed by atoms with E-state index in [2.05, 4.69) is 26.1 Å². The predicted octanol–water partition coefficient (Wildman–Crippen LogP) is 3.76. The topological polar surface area (TPSA) is 55.1 Å². The van der Waals surface area contributed by atoms with Gasteiger partial charge in [-0.3, -0.25) is 4.79 Å². The summed E-state index contributed by atoms with van der Waals surface area (Å²) in [4.78, 5) is 13.8. The number of carbonyl (C=O) groups excluding carboxylic acids is 1. The number of rotatable bonds is 4. The van der Waals surface area contributed by atoms with Crippen LogP contribution in [0.4, 0.5) is 5.00 Å². The molecule has 3 rings (SSSR count). The first kappa shape index (κ1) is 14.9. The highest BCUT2D eigenvalue weighted by Gasteiger charge is 2.35. The van der Waals surface area contributed by atoms with Crippen molar-refractivity contribution >= 4 is 22.2 Å². The fraction of sp³-hybridized carbons (Fsp3) is 0.706. The van der Waals surface area contributed by atoms with Gasteiger partial charge >= 0.3 is 0 Å². The molecule has 21 heavy (non-hydrogen) atoms. The van der Waals surface area contributed by atoms with Crippen molar-refractivity contribution in [3.8, 4) is 0 Å². The largest absolute Gasteiger partial charge is 0.390 e. The highest BCUT2D eigenvalue weighted by atomic mass is 32.1. The van der Waals surface area contributed by atoms with E-state index >= 15 is 0 Å². The number of carbonyl (C=O) groups is 1. The first-order valence-corrected chi connectivity index (χ1v) is 8.95. The van der Waals surface area contributed by atoms with Crippen molar-refractivity contribution in [3.05, 3.63) is 16.0 Å². The van der Waals surface area contributed by atoms with Gasteiger partial charge in [-0.05, 0) is 49.0 Å². The van der Waals surface area contributed by atoms with Gasteiger partial charge in [-0.25, -0.2) is 0 Å². The number of nitrogens with two attached hydrogens (primary N) is 1. The summed E-state index contributed by atoms with van der Waals surface area (Å²) in [6.45, 7) is 6.99. The minimum Gasteiger partial charge on any atom is -0.390 e. The third-order valence-corrected chi connectivity index (χ3v) is 6.53. The van der Waals surface area contributed by atoms with Gasteiger partial charge in [-0.1, -0.05) is 27.2 Å². The van der Waals surface area contributed by atoms with Crippen LogP contribution in [-0.2, 0) is 12.8 Å². The van der Waals surface area contributed by atoms with Crippen molar-refractivity contribution in [1.29, 1.82) is 0 Å². The maximum atomic E-state index is 12.4. The molecule has 0 aromatic carbocycles. The minimum absolute atomic E-state index is 0.0562. The van der Waals surface area contributed by atoms with Gasteiger partial charge in [0.15, 0.2) is 0 Å². The highest BCUT2D eigenvalue weighted by molar-refractivity contribution is 7.16. The van der Waals surface area contributed by atoms with Gasteiger partial charge in [0.2, 0.25) is 0 Å². The van der Waals surface area contributed by atoms with E-state index in [0.29, 0.717) is 22.4 Å². The third kappa shape index (κ3) is 2.83. The first-order valence-electron chi connectivity index (χ1n) is 8.13. The van der Waals surface area contributed by atoms with Crippen molar-refractivity contribution < 1.29 is 4.79 Å². The molecule has 0 aliphatic heterocycles. The number of nitrogens with one attached hydrogen (secondary N) is 1. The van der Waals surface area contributed by atoms with Crippen molar-refractivity contribution in [2.45, 2.75) is 65.3 Å². The molecule has 2 aliphatic carbocycles. The lowest BCUT2D eigenvalue weighted by molar-refractivity contribution is 0.0950. The van der Waals surface area contributed by atoms with Gasteiger partial charge in [-0.2, -0.15) is 0 Å². The molecule has 2 aliphatic rings. The Morgan fingerprint density at radius 1 is 1.38 bits per heavy atom. The Balaban J connectivity index is 1.83. The zero-order valence-electron chi connectivity index (χ0n) is 13.3. The average Bonchev–Trinajstić information content (AvgIpc) is 3.17. The molecule has 1 amide bonds. The number of amides is 1. The molecule has 0 unspecified atom stereocenters. The van der Waals surface area contributed by atoms with Crippen LogP contribution in [0.15, 0.2) is 0 Å². The van der Waals surface area contributed by atoms with E-state index < -0.39 is 0 Å². The molecule has 0 saturated heterocycles. The van der Waals surface area contributed by atoms with Crippen LogP contribution in [0, 0.1) is 11.3 Å². The SMILES string of the molecule is CCC(C)(C)[C@H]1CCc2c(sc(N)c2C(=O)NC2CC2)C1. The molecule has 0 bridgehead atoms. The highest BCUT2D eigenvalue weighted by Crippen LogP contribution is 2.44. The van der Waals surface area contributed by atoms with Gasteiger partial charge in [0.25, 0.3) is 5.91 Å². The molecule has 1 atom stereocenters. The molecule has 1 aromatic rings. The first-order chi connectivity index (χ1) is 9.92. The molecule has 0 spiro atoms. The van der Waals surface area contributed by atoms with E-state index in [-0.39, 0.29) is 5.91 Å². The summed E-state index contributed by atoms with van der Waals surface area (Å²) in [6, 6.07) is 0.391. The molecule has 116 valence electrons. The van der Waals surface area contributed by atoms with Crippen molar-refractivity contribution in [2.24, 2.45) is 11.3 Å². The summed E-state index contributed by atoms with van der Waals surface area (Å²) in [5, 5.41) is 3.80. The molecule has 1 fully saturated rings. The van der Waals surface area contributed by atoms with E-state index in [1.807, 2.05) is 0 Å². The predicted molar refractivity (Wildman–Crippen MR) is 88.8 cm³/mol. The number of thiophene rings is 1. The van der Waals surface area contributed by atoms with Crippen molar-refractivity contribution in [1.82, 2.24) is 5.32 Å². The number of hydrogen-bond acceptors (Lipinski definition) is 3. The third-order valence-electron chi connectivity index (χ3n) is 5.45. The van der Waals surface area contributed by atoms with E-state index in [0.717, 1.165) is 31.2 Å². The van der Waals surface area contributed by atoms with Crippen LogP contribution in [0.1, 0.15) is 67.3 Å². The van der Waals surface area contributed by atoms with Gasteiger partial charge < -0.3 is 11.1 Å². The molecule has 1 heterocycles. The summed E-state index contributed by atoms with van der Waals surface area (Å²) in [7, 11) is 0.